The maximum Gasteiger partial charge on any atom is 0.262 e. The van der Waals surface area contributed by atoms with Crippen LogP contribution in [0.1, 0.15) is 23.8 Å². The fraction of sp³-hybridized carbons (Fsp3) is 0.316. The van der Waals surface area contributed by atoms with Crippen molar-refractivity contribution in [2.75, 3.05) is 11.9 Å². The molecule has 1 aromatic carbocycles. The number of fused-ring (bicyclic) bond motifs is 3. The second-order valence-corrected chi connectivity index (χ2v) is 8.08. The topological polar surface area (TPSA) is 64.1 Å². The van der Waals surface area contributed by atoms with Gasteiger partial charge in [-0.25, -0.2) is 9.97 Å². The van der Waals surface area contributed by atoms with Crippen molar-refractivity contribution >= 4 is 44.7 Å². The number of rotatable bonds is 4. The standard InChI is InChI=1S/C19H18ClN3O2S/c1-11-5-6-14-15(7-11)26-19-17(14)18(21-10-22-19)25-9-16(24)23-13-4-2-3-12(20)8-13/h2-4,8,10-11H,5-7,9H2,1H3,(H,23,24)/t11-/m0/s1. The number of ether oxygens (including phenoxy) is 1. The van der Waals surface area contributed by atoms with Gasteiger partial charge >= 0.3 is 0 Å². The van der Waals surface area contributed by atoms with E-state index in [9.17, 15) is 4.79 Å². The smallest absolute Gasteiger partial charge is 0.262 e. The molecule has 0 aliphatic heterocycles. The molecule has 7 heteroatoms. The quantitative estimate of drug-likeness (QED) is 0.716. The Labute approximate surface area is 160 Å². The van der Waals surface area contributed by atoms with Gasteiger partial charge in [0, 0.05) is 15.6 Å². The van der Waals surface area contributed by atoms with Crippen LogP contribution >= 0.6 is 22.9 Å². The first-order valence-electron chi connectivity index (χ1n) is 8.53. The summed E-state index contributed by atoms with van der Waals surface area (Å²) in [5.41, 5.74) is 1.93. The van der Waals surface area contributed by atoms with E-state index in [1.165, 1.54) is 16.8 Å². The molecule has 1 amide bonds. The maximum atomic E-state index is 12.2. The lowest BCUT2D eigenvalue weighted by Crippen LogP contribution is -2.20. The Morgan fingerprint density at radius 3 is 3.15 bits per heavy atom. The molecule has 0 bridgehead atoms. The van der Waals surface area contributed by atoms with Crippen molar-refractivity contribution in [2.45, 2.75) is 26.2 Å². The second kappa shape index (κ2) is 7.21. The molecule has 0 saturated carbocycles. The monoisotopic (exact) mass is 387 g/mol. The Balaban J connectivity index is 1.51. The van der Waals surface area contributed by atoms with Gasteiger partial charge < -0.3 is 10.1 Å². The number of nitrogens with zero attached hydrogens (tertiary/aromatic N) is 2. The van der Waals surface area contributed by atoms with E-state index in [-0.39, 0.29) is 12.5 Å². The molecule has 1 N–H and O–H groups in total. The van der Waals surface area contributed by atoms with E-state index in [1.807, 2.05) is 0 Å². The van der Waals surface area contributed by atoms with Crippen LogP contribution in [0.4, 0.5) is 5.69 Å². The molecular formula is C19H18ClN3O2S. The summed E-state index contributed by atoms with van der Waals surface area (Å²) in [7, 11) is 0. The molecule has 2 heterocycles. The zero-order chi connectivity index (χ0) is 18.1. The highest BCUT2D eigenvalue weighted by Gasteiger charge is 2.23. The lowest BCUT2D eigenvalue weighted by atomic mass is 9.89. The zero-order valence-corrected chi connectivity index (χ0v) is 15.9. The van der Waals surface area contributed by atoms with Crippen molar-refractivity contribution in [2.24, 2.45) is 5.92 Å². The van der Waals surface area contributed by atoms with Crippen LogP contribution in [0.5, 0.6) is 5.88 Å². The summed E-state index contributed by atoms with van der Waals surface area (Å²) >= 11 is 7.64. The first kappa shape index (κ1) is 17.2. The van der Waals surface area contributed by atoms with Gasteiger partial charge in [0.1, 0.15) is 11.2 Å². The Morgan fingerprint density at radius 1 is 1.42 bits per heavy atom. The number of hydrogen-bond donors (Lipinski definition) is 1. The van der Waals surface area contributed by atoms with E-state index in [0.717, 1.165) is 29.5 Å². The number of halogens is 1. The Bertz CT molecular complexity index is 973. The highest BCUT2D eigenvalue weighted by Crippen LogP contribution is 2.40. The summed E-state index contributed by atoms with van der Waals surface area (Å²) in [6, 6.07) is 7.01. The largest absolute Gasteiger partial charge is 0.467 e. The SMILES string of the molecule is C[C@H]1CCc2c(sc3ncnc(OCC(=O)Nc4cccc(Cl)c4)c23)C1. The number of aryl methyl sites for hydroxylation is 1. The molecule has 4 rings (SSSR count). The van der Waals surface area contributed by atoms with E-state index in [4.69, 9.17) is 16.3 Å². The van der Waals surface area contributed by atoms with Crippen LogP contribution in [0.15, 0.2) is 30.6 Å². The molecule has 3 aromatic rings. The van der Waals surface area contributed by atoms with Gasteiger partial charge in [0.2, 0.25) is 5.88 Å². The van der Waals surface area contributed by atoms with Gasteiger partial charge in [-0.2, -0.15) is 0 Å². The third-order valence-corrected chi connectivity index (χ3v) is 5.90. The van der Waals surface area contributed by atoms with Crippen LogP contribution in [0.2, 0.25) is 5.02 Å². The molecular weight excluding hydrogens is 370 g/mol. The predicted molar refractivity (Wildman–Crippen MR) is 104 cm³/mol. The normalized spacial score (nSPS) is 16.3. The van der Waals surface area contributed by atoms with Gasteiger partial charge in [-0.1, -0.05) is 24.6 Å². The molecule has 0 unspecified atom stereocenters. The summed E-state index contributed by atoms with van der Waals surface area (Å²) < 4.78 is 5.75. The molecule has 1 aliphatic rings. The molecule has 1 atom stereocenters. The van der Waals surface area contributed by atoms with E-state index in [0.29, 0.717) is 22.5 Å². The van der Waals surface area contributed by atoms with Gasteiger partial charge in [-0.05, 0) is 48.9 Å². The maximum absolute atomic E-state index is 12.2. The molecule has 0 radical (unpaired) electrons. The van der Waals surface area contributed by atoms with Gasteiger partial charge in [0.25, 0.3) is 5.91 Å². The minimum Gasteiger partial charge on any atom is -0.467 e. The Kier molecular flexibility index (Phi) is 4.78. The fourth-order valence-electron chi connectivity index (χ4n) is 3.25. The van der Waals surface area contributed by atoms with E-state index in [1.54, 1.807) is 35.6 Å². The minimum atomic E-state index is -0.253. The van der Waals surface area contributed by atoms with Crippen molar-refractivity contribution in [1.29, 1.82) is 0 Å². The highest BCUT2D eigenvalue weighted by molar-refractivity contribution is 7.18. The number of carbonyl (C=O) groups excluding carboxylic acids is 1. The van der Waals surface area contributed by atoms with Crippen molar-refractivity contribution < 1.29 is 9.53 Å². The van der Waals surface area contributed by atoms with Crippen molar-refractivity contribution in [1.82, 2.24) is 9.97 Å². The summed E-state index contributed by atoms with van der Waals surface area (Å²) in [5, 5.41) is 4.31. The molecule has 134 valence electrons. The van der Waals surface area contributed by atoms with Crippen LogP contribution in [-0.2, 0) is 17.6 Å². The van der Waals surface area contributed by atoms with Crippen LogP contribution in [-0.4, -0.2) is 22.5 Å². The predicted octanol–water partition coefficient (Wildman–Crippen LogP) is 4.49. The van der Waals surface area contributed by atoms with E-state index >= 15 is 0 Å². The number of thiophene rings is 1. The molecule has 5 nitrogen and oxygen atoms in total. The summed E-state index contributed by atoms with van der Waals surface area (Å²) in [5.74, 6) is 0.927. The van der Waals surface area contributed by atoms with Gasteiger partial charge in [-0.15, -0.1) is 11.3 Å². The Hall–Kier alpha value is -2.18. The molecule has 26 heavy (non-hydrogen) atoms. The van der Waals surface area contributed by atoms with Gasteiger partial charge in [0.15, 0.2) is 6.61 Å². The number of anilines is 1. The first-order valence-corrected chi connectivity index (χ1v) is 9.73. The zero-order valence-electron chi connectivity index (χ0n) is 14.3. The van der Waals surface area contributed by atoms with Crippen LogP contribution in [0.3, 0.4) is 0 Å². The van der Waals surface area contributed by atoms with Crippen molar-refractivity contribution in [3.8, 4) is 5.88 Å². The van der Waals surface area contributed by atoms with Crippen LogP contribution < -0.4 is 10.1 Å². The van der Waals surface area contributed by atoms with E-state index < -0.39 is 0 Å². The third-order valence-electron chi connectivity index (χ3n) is 4.51. The number of benzene rings is 1. The third kappa shape index (κ3) is 3.52. The fourth-order valence-corrected chi connectivity index (χ4v) is 4.78. The van der Waals surface area contributed by atoms with E-state index in [2.05, 4.69) is 22.2 Å². The van der Waals surface area contributed by atoms with Crippen molar-refractivity contribution in [3.63, 3.8) is 0 Å². The van der Waals surface area contributed by atoms with Gasteiger partial charge in [-0.3, -0.25) is 4.79 Å². The average molecular weight is 388 g/mol. The number of hydrogen-bond acceptors (Lipinski definition) is 5. The molecule has 1 aliphatic carbocycles. The summed E-state index contributed by atoms with van der Waals surface area (Å²) in [4.78, 5) is 23.1. The summed E-state index contributed by atoms with van der Waals surface area (Å²) in [6.45, 7) is 2.16. The van der Waals surface area contributed by atoms with Crippen molar-refractivity contribution in [3.05, 3.63) is 46.1 Å². The lowest BCUT2D eigenvalue weighted by molar-refractivity contribution is -0.118. The number of nitrogens with one attached hydrogen (secondary N) is 1. The Morgan fingerprint density at radius 2 is 2.31 bits per heavy atom. The lowest BCUT2D eigenvalue weighted by Gasteiger charge is -2.18. The van der Waals surface area contributed by atoms with Crippen LogP contribution in [0.25, 0.3) is 10.2 Å². The highest BCUT2D eigenvalue weighted by atomic mass is 35.5. The number of aromatic nitrogens is 2. The average Bonchev–Trinajstić information content (AvgIpc) is 2.98. The van der Waals surface area contributed by atoms with Gasteiger partial charge in [0.05, 0.1) is 5.39 Å². The summed E-state index contributed by atoms with van der Waals surface area (Å²) in [6.07, 6.45) is 4.74. The van der Waals surface area contributed by atoms with Crippen LogP contribution in [0, 0.1) is 5.92 Å². The molecule has 2 aromatic heterocycles. The minimum absolute atomic E-state index is 0.111. The molecule has 0 fully saturated rings. The number of carbonyl (C=O) groups is 1. The molecule has 0 spiro atoms. The number of amides is 1. The first-order chi connectivity index (χ1) is 12.6. The molecule has 0 saturated heterocycles. The second-order valence-electron chi connectivity index (χ2n) is 6.56.